The molecule has 0 aliphatic heterocycles. The van der Waals surface area contributed by atoms with Crippen LogP contribution < -0.4 is 4.72 Å². The Labute approximate surface area is 155 Å². The van der Waals surface area contributed by atoms with E-state index in [9.17, 15) is 13.2 Å². The Morgan fingerprint density at radius 2 is 1.73 bits per heavy atom. The molecule has 0 bridgehead atoms. The lowest BCUT2D eigenvalue weighted by Gasteiger charge is -2.21. The zero-order valence-corrected chi connectivity index (χ0v) is 15.7. The monoisotopic (exact) mass is 372 g/mol. The first-order valence-electron chi connectivity index (χ1n) is 8.95. The number of hydrogen-bond donors (Lipinski definition) is 1. The lowest BCUT2D eigenvalue weighted by molar-refractivity contribution is 0.0766. The van der Waals surface area contributed by atoms with E-state index in [-0.39, 0.29) is 16.8 Å². The first kappa shape index (κ1) is 18.6. The van der Waals surface area contributed by atoms with Gasteiger partial charge in [-0.1, -0.05) is 30.3 Å². The minimum atomic E-state index is -3.49. The third-order valence-electron chi connectivity index (χ3n) is 4.49. The maximum Gasteiger partial charge on any atom is 0.253 e. The van der Waals surface area contributed by atoms with Crippen LogP contribution in [0.2, 0.25) is 0 Å². The highest BCUT2D eigenvalue weighted by Crippen LogP contribution is 2.22. The highest BCUT2D eigenvalue weighted by atomic mass is 32.2. The summed E-state index contributed by atoms with van der Waals surface area (Å²) in [5.74, 6) is -0.0810. The quantitative estimate of drug-likeness (QED) is 0.775. The van der Waals surface area contributed by atoms with Crippen LogP contribution in [0.4, 0.5) is 0 Å². The average Bonchev–Trinajstić information content (AvgIpc) is 3.46. The van der Waals surface area contributed by atoms with E-state index in [1.54, 1.807) is 17.0 Å². The van der Waals surface area contributed by atoms with Crippen LogP contribution in [0.25, 0.3) is 0 Å². The fourth-order valence-electron chi connectivity index (χ4n) is 2.76. The number of likely N-dealkylation sites (N-methyl/N-ethyl adjacent to an activating group) is 1. The molecule has 5 nitrogen and oxygen atoms in total. The van der Waals surface area contributed by atoms with Crippen molar-refractivity contribution >= 4 is 15.9 Å². The molecule has 3 rings (SSSR count). The summed E-state index contributed by atoms with van der Waals surface area (Å²) in [6.45, 7) is 3.18. The van der Waals surface area contributed by atoms with Crippen molar-refractivity contribution in [3.8, 4) is 0 Å². The van der Waals surface area contributed by atoms with Crippen LogP contribution in [0.1, 0.15) is 35.7 Å². The molecule has 1 N–H and O–H groups in total. The maximum absolute atomic E-state index is 12.7. The lowest BCUT2D eigenvalue weighted by atomic mass is 10.1. The van der Waals surface area contributed by atoms with E-state index in [2.05, 4.69) is 4.72 Å². The summed E-state index contributed by atoms with van der Waals surface area (Å²) in [5, 5.41) is 0. The Kier molecular flexibility index (Phi) is 5.74. The predicted octanol–water partition coefficient (Wildman–Crippen LogP) is 2.83. The summed E-state index contributed by atoms with van der Waals surface area (Å²) >= 11 is 0. The number of amides is 1. The smallest absolute Gasteiger partial charge is 0.253 e. The van der Waals surface area contributed by atoms with Gasteiger partial charge in [-0.15, -0.1) is 0 Å². The summed E-state index contributed by atoms with van der Waals surface area (Å²) in [6, 6.07) is 16.3. The van der Waals surface area contributed by atoms with Gasteiger partial charge < -0.3 is 4.90 Å². The van der Waals surface area contributed by atoms with Crippen molar-refractivity contribution in [1.82, 2.24) is 9.62 Å². The largest absolute Gasteiger partial charge is 0.339 e. The van der Waals surface area contributed by atoms with Crippen molar-refractivity contribution in [2.75, 3.05) is 13.1 Å². The third kappa shape index (κ3) is 4.71. The van der Waals surface area contributed by atoms with E-state index in [0.717, 1.165) is 19.3 Å². The Hall–Kier alpha value is -2.18. The summed E-state index contributed by atoms with van der Waals surface area (Å²) < 4.78 is 27.1. The zero-order chi connectivity index (χ0) is 18.6. The SMILES string of the molecule is CCN(CCc1ccccc1)C(=O)c1ccc(S(=O)(=O)NC2CC2)cc1. The molecule has 0 aromatic heterocycles. The molecule has 0 atom stereocenters. The van der Waals surface area contributed by atoms with Gasteiger partial charge in [-0.3, -0.25) is 4.79 Å². The standard InChI is InChI=1S/C20H24N2O3S/c1-2-22(15-14-16-6-4-3-5-7-16)20(23)17-8-12-19(13-9-17)26(24,25)21-18-10-11-18/h3-9,12-13,18,21H,2,10-11,14-15H2,1H3. The van der Waals surface area contributed by atoms with E-state index in [1.165, 1.54) is 17.7 Å². The van der Waals surface area contributed by atoms with Crippen LogP contribution in [-0.2, 0) is 16.4 Å². The molecule has 26 heavy (non-hydrogen) atoms. The first-order chi connectivity index (χ1) is 12.5. The molecule has 2 aromatic carbocycles. The van der Waals surface area contributed by atoms with Gasteiger partial charge in [0.2, 0.25) is 10.0 Å². The van der Waals surface area contributed by atoms with Gasteiger partial charge in [0.1, 0.15) is 0 Å². The number of benzene rings is 2. The number of sulfonamides is 1. The number of hydrogen-bond acceptors (Lipinski definition) is 3. The second-order valence-corrected chi connectivity index (χ2v) is 8.25. The Morgan fingerprint density at radius 1 is 1.08 bits per heavy atom. The van der Waals surface area contributed by atoms with Crippen molar-refractivity contribution < 1.29 is 13.2 Å². The fourth-order valence-corrected chi connectivity index (χ4v) is 4.06. The van der Waals surface area contributed by atoms with Crippen LogP contribution in [0, 0.1) is 0 Å². The molecular formula is C20H24N2O3S. The van der Waals surface area contributed by atoms with Crippen molar-refractivity contribution in [2.24, 2.45) is 0 Å². The maximum atomic E-state index is 12.7. The molecular weight excluding hydrogens is 348 g/mol. The molecule has 0 saturated heterocycles. The van der Waals surface area contributed by atoms with E-state index >= 15 is 0 Å². The second kappa shape index (κ2) is 8.01. The number of nitrogens with one attached hydrogen (secondary N) is 1. The molecule has 1 amide bonds. The van der Waals surface area contributed by atoms with Crippen LogP contribution in [-0.4, -0.2) is 38.4 Å². The van der Waals surface area contributed by atoms with Crippen LogP contribution in [0.3, 0.4) is 0 Å². The molecule has 1 aliphatic rings. The molecule has 0 radical (unpaired) electrons. The van der Waals surface area contributed by atoms with Crippen molar-refractivity contribution in [1.29, 1.82) is 0 Å². The van der Waals surface area contributed by atoms with Gasteiger partial charge >= 0.3 is 0 Å². The molecule has 0 unspecified atom stereocenters. The second-order valence-electron chi connectivity index (χ2n) is 6.54. The fraction of sp³-hybridized carbons (Fsp3) is 0.350. The Bertz CT molecular complexity index is 844. The third-order valence-corrected chi connectivity index (χ3v) is 6.03. The number of carbonyl (C=O) groups excluding carboxylic acids is 1. The predicted molar refractivity (Wildman–Crippen MR) is 102 cm³/mol. The minimum Gasteiger partial charge on any atom is -0.339 e. The van der Waals surface area contributed by atoms with E-state index in [0.29, 0.717) is 18.7 Å². The van der Waals surface area contributed by atoms with E-state index in [4.69, 9.17) is 0 Å². The zero-order valence-electron chi connectivity index (χ0n) is 14.9. The average molecular weight is 372 g/mol. The Balaban J connectivity index is 1.65. The van der Waals surface area contributed by atoms with Gasteiger partial charge in [-0.2, -0.15) is 0 Å². The lowest BCUT2D eigenvalue weighted by Crippen LogP contribution is -2.32. The molecule has 1 aliphatic carbocycles. The minimum absolute atomic E-state index is 0.0647. The highest BCUT2D eigenvalue weighted by Gasteiger charge is 2.28. The molecule has 1 saturated carbocycles. The molecule has 6 heteroatoms. The Morgan fingerprint density at radius 3 is 2.31 bits per heavy atom. The normalized spacial score (nSPS) is 14.2. The number of rotatable bonds is 8. The van der Waals surface area contributed by atoms with Gasteiger partial charge in [0, 0.05) is 24.7 Å². The van der Waals surface area contributed by atoms with Crippen molar-refractivity contribution in [3.05, 3.63) is 65.7 Å². The van der Waals surface area contributed by atoms with Gasteiger partial charge in [0.05, 0.1) is 4.90 Å². The summed E-state index contributed by atoms with van der Waals surface area (Å²) in [6.07, 6.45) is 2.57. The summed E-state index contributed by atoms with van der Waals surface area (Å²) in [7, 11) is -3.49. The molecule has 1 fully saturated rings. The van der Waals surface area contributed by atoms with Crippen LogP contribution in [0.5, 0.6) is 0 Å². The van der Waals surface area contributed by atoms with Gasteiger partial charge in [0.25, 0.3) is 5.91 Å². The van der Waals surface area contributed by atoms with Gasteiger partial charge in [0.15, 0.2) is 0 Å². The number of carbonyl (C=O) groups is 1. The molecule has 0 spiro atoms. The van der Waals surface area contributed by atoms with Crippen molar-refractivity contribution in [3.63, 3.8) is 0 Å². The van der Waals surface area contributed by atoms with Crippen LogP contribution in [0.15, 0.2) is 59.5 Å². The van der Waals surface area contributed by atoms with Gasteiger partial charge in [-0.25, -0.2) is 13.1 Å². The number of nitrogens with zero attached hydrogens (tertiary/aromatic N) is 1. The van der Waals surface area contributed by atoms with Crippen molar-refractivity contribution in [2.45, 2.75) is 37.1 Å². The van der Waals surface area contributed by atoms with Gasteiger partial charge in [-0.05, 0) is 56.0 Å². The molecule has 2 aromatic rings. The van der Waals surface area contributed by atoms with E-state index in [1.807, 2.05) is 37.3 Å². The first-order valence-corrected chi connectivity index (χ1v) is 10.4. The van der Waals surface area contributed by atoms with Crippen LogP contribution >= 0.6 is 0 Å². The molecule has 0 heterocycles. The highest BCUT2D eigenvalue weighted by molar-refractivity contribution is 7.89. The molecule has 138 valence electrons. The summed E-state index contributed by atoms with van der Waals surface area (Å²) in [5.41, 5.74) is 1.69. The van der Waals surface area contributed by atoms with E-state index < -0.39 is 10.0 Å². The summed E-state index contributed by atoms with van der Waals surface area (Å²) in [4.78, 5) is 14.7. The topological polar surface area (TPSA) is 66.5 Å².